The molecule has 2 rings (SSSR count). The standard InChI is InChI=1S/C23H39N7O6.C4H10.CH4S/c1-12(2)26-15(31)11-25-22(36)28-17(23(3,4)5)21(35)30-10-6-7-14(30)20(34)29-19(16(32)18(24)33)27-13-8-9-13;1-4(2)3;1-2/h12-14,17,19,27H,6-11H2,1-5H3,(H2,24,33)(H,26,31)(H,29,34)(H2,25,28,36);4H,1-3H3;2H,1H3/t14-,17?,19?;;/m0../s1. The molecule has 0 aromatic rings. The van der Waals surface area contributed by atoms with Gasteiger partial charge in [-0.15, -0.1) is 0 Å². The summed E-state index contributed by atoms with van der Waals surface area (Å²) in [6, 6.07) is -2.64. The summed E-state index contributed by atoms with van der Waals surface area (Å²) < 4.78 is 0. The summed E-state index contributed by atoms with van der Waals surface area (Å²) in [5, 5.41) is 13.1. The van der Waals surface area contributed by atoms with Gasteiger partial charge in [-0.05, 0) is 57.1 Å². The fraction of sp³-hybridized carbons (Fsp3) is 0.786. The minimum Gasteiger partial charge on any atom is -0.363 e. The first-order chi connectivity index (χ1) is 19.4. The van der Waals surface area contributed by atoms with E-state index in [1.54, 1.807) is 40.9 Å². The number of thiol groups is 1. The van der Waals surface area contributed by atoms with Gasteiger partial charge in [-0.1, -0.05) is 41.5 Å². The highest BCUT2D eigenvalue weighted by Crippen LogP contribution is 2.26. The van der Waals surface area contributed by atoms with Crippen LogP contribution in [0.15, 0.2) is 0 Å². The van der Waals surface area contributed by atoms with E-state index in [0.29, 0.717) is 12.8 Å². The van der Waals surface area contributed by atoms with Crippen molar-refractivity contribution in [2.45, 2.75) is 111 Å². The largest absolute Gasteiger partial charge is 0.363 e. The highest BCUT2D eigenvalue weighted by atomic mass is 32.1. The summed E-state index contributed by atoms with van der Waals surface area (Å²) >= 11 is 3.53. The third-order valence-electron chi connectivity index (χ3n) is 5.86. The molecule has 2 unspecified atom stereocenters. The molecule has 242 valence electrons. The lowest BCUT2D eigenvalue weighted by Crippen LogP contribution is -2.61. The molecular weight excluding hydrogens is 562 g/mol. The summed E-state index contributed by atoms with van der Waals surface area (Å²) in [7, 11) is 0. The van der Waals surface area contributed by atoms with Gasteiger partial charge >= 0.3 is 6.03 Å². The second-order valence-corrected chi connectivity index (χ2v) is 12.4. The summed E-state index contributed by atoms with van der Waals surface area (Å²) in [6.07, 6.45) is 2.96. The van der Waals surface area contributed by atoms with Crippen LogP contribution in [0.25, 0.3) is 0 Å². The van der Waals surface area contributed by atoms with E-state index < -0.39 is 53.2 Å². The number of Topliss-reactive ketones (excluding diaryl/α,β-unsaturated/α-hetero) is 1. The highest BCUT2D eigenvalue weighted by Gasteiger charge is 2.43. The van der Waals surface area contributed by atoms with Crippen molar-refractivity contribution < 1.29 is 28.8 Å². The van der Waals surface area contributed by atoms with Crippen LogP contribution < -0.4 is 32.3 Å². The normalized spacial score (nSPS) is 17.5. The first-order valence-corrected chi connectivity index (χ1v) is 15.3. The number of primary amides is 1. The molecule has 1 aliphatic heterocycles. The van der Waals surface area contributed by atoms with Crippen LogP contribution in [-0.2, 0) is 24.0 Å². The van der Waals surface area contributed by atoms with Crippen molar-refractivity contribution in [3.8, 4) is 0 Å². The molecule has 14 heteroatoms. The number of carbonyl (C=O) groups is 6. The highest BCUT2D eigenvalue weighted by molar-refractivity contribution is 7.79. The zero-order chi connectivity index (χ0) is 32.8. The van der Waals surface area contributed by atoms with Crippen LogP contribution in [0.5, 0.6) is 0 Å². The topological polar surface area (TPSA) is 192 Å². The molecule has 0 bridgehead atoms. The number of hydrogen-bond acceptors (Lipinski definition) is 8. The Balaban J connectivity index is 0.00000257. The van der Waals surface area contributed by atoms with Crippen LogP contribution >= 0.6 is 12.6 Å². The second-order valence-electron chi connectivity index (χ2n) is 12.4. The molecule has 0 aromatic heterocycles. The van der Waals surface area contributed by atoms with Crippen LogP contribution in [0, 0.1) is 11.3 Å². The number of amides is 6. The zero-order valence-electron chi connectivity index (χ0n) is 26.6. The fourth-order valence-electron chi connectivity index (χ4n) is 3.88. The molecule has 0 aromatic carbocycles. The maximum atomic E-state index is 13.5. The molecule has 2 aliphatic rings. The average Bonchev–Trinajstić information content (AvgIpc) is 3.55. The van der Waals surface area contributed by atoms with E-state index in [0.717, 1.165) is 18.8 Å². The zero-order valence-corrected chi connectivity index (χ0v) is 27.5. The molecule has 7 N–H and O–H groups in total. The van der Waals surface area contributed by atoms with Crippen LogP contribution in [-0.4, -0.2) is 90.0 Å². The van der Waals surface area contributed by atoms with E-state index in [2.05, 4.69) is 60.0 Å². The number of ketones is 1. The third-order valence-corrected chi connectivity index (χ3v) is 5.86. The Morgan fingerprint density at radius 2 is 1.45 bits per heavy atom. The molecule has 1 heterocycles. The van der Waals surface area contributed by atoms with Crippen molar-refractivity contribution in [2.75, 3.05) is 19.3 Å². The van der Waals surface area contributed by atoms with Gasteiger partial charge in [0.2, 0.25) is 17.7 Å². The Bertz CT molecular complexity index is 931. The van der Waals surface area contributed by atoms with Crippen molar-refractivity contribution in [2.24, 2.45) is 17.1 Å². The summed E-state index contributed by atoms with van der Waals surface area (Å²) in [4.78, 5) is 75.8. The third kappa shape index (κ3) is 14.9. The van der Waals surface area contributed by atoms with E-state index in [4.69, 9.17) is 5.73 Å². The maximum Gasteiger partial charge on any atom is 0.315 e. The molecule has 6 amide bonds. The number of rotatable bonds is 11. The first-order valence-electron chi connectivity index (χ1n) is 14.4. The van der Waals surface area contributed by atoms with E-state index in [-0.39, 0.29) is 31.1 Å². The summed E-state index contributed by atoms with van der Waals surface area (Å²) in [5.74, 6) is -2.71. The van der Waals surface area contributed by atoms with Crippen LogP contribution in [0.2, 0.25) is 0 Å². The van der Waals surface area contributed by atoms with Crippen molar-refractivity contribution in [1.29, 1.82) is 0 Å². The molecule has 1 saturated heterocycles. The smallest absolute Gasteiger partial charge is 0.315 e. The number of nitrogens with zero attached hydrogens (tertiary/aromatic N) is 1. The number of hydrogen-bond donors (Lipinski definition) is 7. The van der Waals surface area contributed by atoms with Crippen molar-refractivity contribution in [3.63, 3.8) is 0 Å². The lowest BCUT2D eigenvalue weighted by Gasteiger charge is -2.35. The summed E-state index contributed by atoms with van der Waals surface area (Å²) in [5.41, 5.74) is 4.41. The predicted molar refractivity (Wildman–Crippen MR) is 166 cm³/mol. The molecule has 1 aliphatic carbocycles. The van der Waals surface area contributed by atoms with E-state index in [1.165, 1.54) is 4.90 Å². The van der Waals surface area contributed by atoms with Gasteiger partial charge in [0.15, 0.2) is 0 Å². The van der Waals surface area contributed by atoms with Crippen molar-refractivity contribution in [3.05, 3.63) is 0 Å². The molecule has 42 heavy (non-hydrogen) atoms. The Morgan fingerprint density at radius 1 is 0.905 bits per heavy atom. The molecule has 2 fully saturated rings. The van der Waals surface area contributed by atoms with Crippen molar-refractivity contribution >= 4 is 48.1 Å². The number of likely N-dealkylation sites (tertiary alicyclic amines) is 1. The molecule has 1 saturated carbocycles. The molecule has 3 atom stereocenters. The fourth-order valence-corrected chi connectivity index (χ4v) is 3.88. The summed E-state index contributed by atoms with van der Waals surface area (Å²) in [6.45, 7) is 15.4. The Labute approximate surface area is 256 Å². The number of nitrogens with two attached hydrogens (primary N) is 1. The quantitative estimate of drug-likeness (QED) is 0.101. The van der Waals surface area contributed by atoms with Gasteiger partial charge in [0.05, 0.1) is 6.54 Å². The minimum absolute atomic E-state index is 0.00974. The maximum absolute atomic E-state index is 13.5. The lowest BCUT2D eigenvalue weighted by atomic mass is 9.85. The Hall–Kier alpha value is -2.87. The van der Waals surface area contributed by atoms with Gasteiger partial charge in [-0.3, -0.25) is 29.3 Å². The lowest BCUT2D eigenvalue weighted by molar-refractivity contribution is -0.143. The van der Waals surface area contributed by atoms with Gasteiger partial charge in [-0.25, -0.2) is 4.79 Å². The molecule has 13 nitrogen and oxygen atoms in total. The van der Waals surface area contributed by atoms with E-state index in [1.807, 2.05) is 0 Å². The SMILES string of the molecule is CC(C)C.CC(C)NC(=O)CNC(=O)NC(C(=O)N1CCC[C@H]1C(=O)NC(NC1CC1)C(=O)C(N)=O)C(C)(C)C.CS. The number of urea groups is 1. The van der Waals surface area contributed by atoms with Gasteiger partial charge in [0.1, 0.15) is 18.2 Å². The first kappa shape index (κ1) is 39.1. The van der Waals surface area contributed by atoms with Crippen molar-refractivity contribution in [1.82, 2.24) is 31.5 Å². The molecule has 0 radical (unpaired) electrons. The van der Waals surface area contributed by atoms with Gasteiger partial charge in [-0.2, -0.15) is 12.6 Å². The average molecular weight is 616 g/mol. The molecular formula is C28H53N7O6S. The Kier molecular flexibility index (Phi) is 17.3. The predicted octanol–water partition coefficient (Wildman–Crippen LogP) is 0.673. The van der Waals surface area contributed by atoms with Crippen LogP contribution in [0.1, 0.15) is 81.1 Å². The monoisotopic (exact) mass is 615 g/mol. The minimum atomic E-state index is -1.26. The van der Waals surface area contributed by atoms with Gasteiger partial charge < -0.3 is 31.9 Å². The van der Waals surface area contributed by atoms with Gasteiger partial charge in [0, 0.05) is 18.6 Å². The molecule has 0 spiro atoms. The van der Waals surface area contributed by atoms with Crippen LogP contribution in [0.4, 0.5) is 4.79 Å². The van der Waals surface area contributed by atoms with Gasteiger partial charge in [0.25, 0.3) is 11.7 Å². The van der Waals surface area contributed by atoms with E-state index >= 15 is 0 Å². The van der Waals surface area contributed by atoms with E-state index in [9.17, 15) is 28.8 Å². The number of nitrogens with one attached hydrogen (secondary N) is 5. The second kappa shape index (κ2) is 18.6. The van der Waals surface area contributed by atoms with Crippen LogP contribution in [0.3, 0.4) is 0 Å². The Morgan fingerprint density at radius 3 is 1.90 bits per heavy atom. The number of carbonyl (C=O) groups excluding carboxylic acids is 6.